The number of rotatable bonds is 7. The highest BCUT2D eigenvalue weighted by Crippen LogP contribution is 2.28. The van der Waals surface area contributed by atoms with Crippen LogP contribution in [0.4, 0.5) is 5.69 Å². The van der Waals surface area contributed by atoms with Gasteiger partial charge in [-0.25, -0.2) is 0 Å². The van der Waals surface area contributed by atoms with Crippen molar-refractivity contribution in [3.05, 3.63) is 71.6 Å². The summed E-state index contributed by atoms with van der Waals surface area (Å²) < 4.78 is 12.9. The number of anilines is 1. The SMILES string of the molecule is Cc1ccc(C)c(NC(=O)CSc2nnc(-c3ccoc3C)n2Cc2ccco2)c1. The van der Waals surface area contributed by atoms with E-state index in [1.807, 2.05) is 61.7 Å². The predicted octanol–water partition coefficient (Wildman–Crippen LogP) is 4.84. The highest BCUT2D eigenvalue weighted by molar-refractivity contribution is 7.99. The molecule has 0 bridgehead atoms. The first kappa shape index (κ1) is 20.0. The molecule has 154 valence electrons. The van der Waals surface area contributed by atoms with Crippen molar-refractivity contribution in [2.24, 2.45) is 0 Å². The Labute approximate surface area is 178 Å². The molecule has 3 heterocycles. The van der Waals surface area contributed by atoms with E-state index in [1.165, 1.54) is 11.8 Å². The molecule has 3 aromatic heterocycles. The molecule has 0 saturated carbocycles. The van der Waals surface area contributed by atoms with Crippen LogP contribution in [0.1, 0.15) is 22.6 Å². The van der Waals surface area contributed by atoms with Crippen LogP contribution in [0.15, 0.2) is 62.9 Å². The Bertz CT molecular complexity index is 1160. The lowest BCUT2D eigenvalue weighted by Gasteiger charge is -2.10. The molecule has 0 saturated heterocycles. The summed E-state index contributed by atoms with van der Waals surface area (Å²) in [7, 11) is 0. The summed E-state index contributed by atoms with van der Waals surface area (Å²) in [5, 5.41) is 12.3. The van der Waals surface area contributed by atoms with Gasteiger partial charge in [-0.2, -0.15) is 0 Å². The summed E-state index contributed by atoms with van der Waals surface area (Å²) in [6, 6.07) is 11.6. The first-order valence-electron chi connectivity index (χ1n) is 9.51. The van der Waals surface area contributed by atoms with Gasteiger partial charge in [0.25, 0.3) is 0 Å². The average Bonchev–Trinajstić information content (AvgIpc) is 3.45. The molecule has 0 unspecified atom stereocenters. The second-order valence-corrected chi connectivity index (χ2v) is 7.96. The third-order valence-electron chi connectivity index (χ3n) is 4.71. The van der Waals surface area contributed by atoms with Gasteiger partial charge in [0, 0.05) is 5.69 Å². The number of hydrogen-bond acceptors (Lipinski definition) is 6. The molecule has 0 radical (unpaired) electrons. The number of carbonyl (C=O) groups is 1. The van der Waals surface area contributed by atoms with E-state index in [-0.39, 0.29) is 11.7 Å². The third-order valence-corrected chi connectivity index (χ3v) is 5.68. The van der Waals surface area contributed by atoms with Crippen LogP contribution in [0.2, 0.25) is 0 Å². The largest absolute Gasteiger partial charge is 0.469 e. The van der Waals surface area contributed by atoms with E-state index in [9.17, 15) is 4.79 Å². The Kier molecular flexibility index (Phi) is 5.76. The van der Waals surface area contributed by atoms with E-state index in [4.69, 9.17) is 8.83 Å². The van der Waals surface area contributed by atoms with Crippen LogP contribution < -0.4 is 5.32 Å². The predicted molar refractivity (Wildman–Crippen MR) is 116 cm³/mol. The molecule has 0 spiro atoms. The van der Waals surface area contributed by atoms with Crippen LogP contribution in [0, 0.1) is 20.8 Å². The third kappa shape index (κ3) is 4.33. The Morgan fingerprint density at radius 2 is 1.97 bits per heavy atom. The lowest BCUT2D eigenvalue weighted by molar-refractivity contribution is -0.113. The number of amides is 1. The van der Waals surface area contributed by atoms with Crippen molar-refractivity contribution in [2.75, 3.05) is 11.1 Å². The fourth-order valence-corrected chi connectivity index (χ4v) is 3.84. The molecule has 1 N–H and O–H groups in total. The van der Waals surface area contributed by atoms with Crippen molar-refractivity contribution in [3.8, 4) is 11.4 Å². The number of furan rings is 2. The molecule has 0 aliphatic rings. The zero-order valence-corrected chi connectivity index (χ0v) is 17.8. The molecule has 4 rings (SSSR count). The zero-order valence-electron chi connectivity index (χ0n) is 17.0. The van der Waals surface area contributed by atoms with E-state index < -0.39 is 0 Å². The van der Waals surface area contributed by atoms with Crippen LogP contribution in [-0.2, 0) is 11.3 Å². The van der Waals surface area contributed by atoms with Gasteiger partial charge < -0.3 is 14.2 Å². The fraction of sp³-hybridized carbons (Fsp3) is 0.227. The lowest BCUT2D eigenvalue weighted by atomic mass is 10.1. The minimum atomic E-state index is -0.0951. The van der Waals surface area contributed by atoms with E-state index >= 15 is 0 Å². The molecule has 0 aliphatic carbocycles. The highest BCUT2D eigenvalue weighted by Gasteiger charge is 2.19. The van der Waals surface area contributed by atoms with Crippen LogP contribution in [0.3, 0.4) is 0 Å². The molecule has 1 aromatic carbocycles. The summed E-state index contributed by atoms with van der Waals surface area (Å²) in [6.45, 7) is 6.31. The first-order valence-corrected chi connectivity index (χ1v) is 10.5. The molecule has 1 amide bonds. The van der Waals surface area contributed by atoms with Crippen LogP contribution >= 0.6 is 11.8 Å². The minimum Gasteiger partial charge on any atom is -0.469 e. The molecular formula is C22H22N4O3S. The summed E-state index contributed by atoms with van der Waals surface area (Å²) in [5.74, 6) is 2.33. The molecule has 7 nitrogen and oxygen atoms in total. The number of aromatic nitrogens is 3. The van der Waals surface area contributed by atoms with Gasteiger partial charge in [0.1, 0.15) is 11.5 Å². The maximum Gasteiger partial charge on any atom is 0.234 e. The Morgan fingerprint density at radius 3 is 2.70 bits per heavy atom. The van der Waals surface area contributed by atoms with Gasteiger partial charge in [0.15, 0.2) is 11.0 Å². The van der Waals surface area contributed by atoms with Gasteiger partial charge in [0.05, 0.1) is 30.4 Å². The average molecular weight is 423 g/mol. The molecule has 8 heteroatoms. The monoisotopic (exact) mass is 422 g/mol. The van der Waals surface area contributed by atoms with Gasteiger partial charge in [-0.05, 0) is 56.2 Å². The standard InChI is InChI=1S/C22H22N4O3S/c1-14-6-7-15(2)19(11-14)23-20(27)13-30-22-25-24-21(18-8-10-28-16(18)3)26(22)12-17-5-4-9-29-17/h4-11H,12-13H2,1-3H3,(H,23,27). The molecule has 0 fully saturated rings. The van der Waals surface area contributed by atoms with Gasteiger partial charge in [0.2, 0.25) is 5.91 Å². The molecule has 0 atom stereocenters. The second kappa shape index (κ2) is 8.62. The van der Waals surface area contributed by atoms with E-state index in [2.05, 4.69) is 15.5 Å². The van der Waals surface area contributed by atoms with Gasteiger partial charge in [-0.15, -0.1) is 10.2 Å². The molecular weight excluding hydrogens is 400 g/mol. The quantitative estimate of drug-likeness (QED) is 0.429. The Hall–Kier alpha value is -3.26. The van der Waals surface area contributed by atoms with E-state index in [1.54, 1.807) is 12.5 Å². The Morgan fingerprint density at radius 1 is 1.10 bits per heavy atom. The van der Waals surface area contributed by atoms with Crippen molar-refractivity contribution in [2.45, 2.75) is 32.5 Å². The highest BCUT2D eigenvalue weighted by atomic mass is 32.2. The topological polar surface area (TPSA) is 86.1 Å². The fourth-order valence-electron chi connectivity index (χ4n) is 3.10. The van der Waals surface area contributed by atoms with Crippen LogP contribution in [0.25, 0.3) is 11.4 Å². The van der Waals surface area contributed by atoms with Gasteiger partial charge in [-0.3, -0.25) is 9.36 Å². The molecule has 0 aliphatic heterocycles. The number of aryl methyl sites for hydroxylation is 3. The number of nitrogens with one attached hydrogen (secondary N) is 1. The van der Waals surface area contributed by atoms with E-state index in [0.29, 0.717) is 17.5 Å². The van der Waals surface area contributed by atoms with Crippen molar-refractivity contribution in [3.63, 3.8) is 0 Å². The summed E-state index contributed by atoms with van der Waals surface area (Å²) >= 11 is 1.34. The second-order valence-electron chi connectivity index (χ2n) is 7.02. The van der Waals surface area contributed by atoms with Gasteiger partial charge >= 0.3 is 0 Å². The first-order chi connectivity index (χ1) is 14.5. The van der Waals surface area contributed by atoms with Crippen LogP contribution in [0.5, 0.6) is 0 Å². The summed E-state index contributed by atoms with van der Waals surface area (Å²) in [4.78, 5) is 12.5. The van der Waals surface area contributed by atoms with Gasteiger partial charge in [-0.1, -0.05) is 23.9 Å². The Balaban J connectivity index is 1.53. The van der Waals surface area contributed by atoms with Crippen LogP contribution in [-0.4, -0.2) is 26.4 Å². The molecule has 4 aromatic rings. The smallest absolute Gasteiger partial charge is 0.234 e. The normalized spacial score (nSPS) is 11.0. The summed E-state index contributed by atoms with van der Waals surface area (Å²) in [6.07, 6.45) is 3.26. The lowest BCUT2D eigenvalue weighted by Crippen LogP contribution is -2.15. The number of hydrogen-bond donors (Lipinski definition) is 1. The number of thioether (sulfide) groups is 1. The number of benzene rings is 1. The van der Waals surface area contributed by atoms with E-state index in [0.717, 1.165) is 33.9 Å². The zero-order chi connectivity index (χ0) is 21.1. The molecule has 30 heavy (non-hydrogen) atoms. The maximum absolute atomic E-state index is 12.5. The number of nitrogens with zero attached hydrogens (tertiary/aromatic N) is 3. The maximum atomic E-state index is 12.5. The van der Waals surface area contributed by atoms with Crippen molar-refractivity contribution in [1.82, 2.24) is 14.8 Å². The minimum absolute atomic E-state index is 0.0951. The van der Waals surface area contributed by atoms with Crippen molar-refractivity contribution < 1.29 is 13.6 Å². The number of carbonyl (C=O) groups excluding carboxylic acids is 1. The van der Waals surface area contributed by atoms with Crippen molar-refractivity contribution in [1.29, 1.82) is 0 Å². The van der Waals surface area contributed by atoms with Crippen molar-refractivity contribution >= 4 is 23.4 Å². The summed E-state index contributed by atoms with van der Waals surface area (Å²) in [5.41, 5.74) is 3.81.